The van der Waals surface area contributed by atoms with Gasteiger partial charge >= 0.3 is 0 Å². The Morgan fingerprint density at radius 1 is 1.33 bits per heavy atom. The summed E-state index contributed by atoms with van der Waals surface area (Å²) < 4.78 is 5.27. The molecule has 0 aromatic heterocycles. The van der Waals surface area contributed by atoms with Gasteiger partial charge in [-0.05, 0) is 45.6 Å². The molecule has 0 radical (unpaired) electrons. The predicted molar refractivity (Wildman–Crippen MR) is 85.6 cm³/mol. The Balaban J connectivity index is 2.60. The van der Waals surface area contributed by atoms with Crippen molar-refractivity contribution in [2.45, 2.75) is 25.9 Å². The number of hydrogen-bond acceptors (Lipinski definition) is 4. The van der Waals surface area contributed by atoms with Crippen LogP contribution in [0.25, 0.3) is 0 Å². The molecule has 0 unspecified atom stereocenters. The molecule has 2 N–H and O–H groups in total. The van der Waals surface area contributed by atoms with Gasteiger partial charge in [0.1, 0.15) is 5.75 Å². The highest BCUT2D eigenvalue weighted by atomic mass is 16.5. The van der Waals surface area contributed by atoms with E-state index in [1.807, 2.05) is 46.1 Å². The third-order valence-corrected chi connectivity index (χ3v) is 3.17. The molecule has 1 aromatic carbocycles. The van der Waals surface area contributed by atoms with E-state index < -0.39 is 0 Å². The first kappa shape index (κ1) is 17.5. The van der Waals surface area contributed by atoms with E-state index in [0.717, 1.165) is 11.3 Å². The van der Waals surface area contributed by atoms with Crippen LogP contribution in [0.5, 0.6) is 5.75 Å². The standard InChI is InChI=1S/C16H27N3O2/c1-12(2)18-16(20)11-17-10-15(19(3)4)13-7-6-8-14(9-13)21-5/h6-9,12,15,17H,10-11H2,1-5H3,(H,18,20)/t15-/m1/s1. The van der Waals surface area contributed by atoms with E-state index in [0.29, 0.717) is 13.1 Å². The molecule has 0 saturated heterocycles. The molecule has 0 spiro atoms. The van der Waals surface area contributed by atoms with Crippen LogP contribution in [0, 0.1) is 0 Å². The minimum atomic E-state index is 0.0214. The maximum Gasteiger partial charge on any atom is 0.234 e. The summed E-state index contributed by atoms with van der Waals surface area (Å²) in [6, 6.07) is 8.37. The molecule has 0 aliphatic rings. The minimum Gasteiger partial charge on any atom is -0.497 e. The van der Waals surface area contributed by atoms with Gasteiger partial charge in [0.25, 0.3) is 0 Å². The number of carbonyl (C=O) groups excluding carboxylic acids is 1. The van der Waals surface area contributed by atoms with Crippen LogP contribution in [0.2, 0.25) is 0 Å². The van der Waals surface area contributed by atoms with Crippen LogP contribution < -0.4 is 15.4 Å². The maximum absolute atomic E-state index is 11.6. The second-order valence-corrected chi connectivity index (χ2v) is 5.61. The van der Waals surface area contributed by atoms with Gasteiger partial charge in [-0.2, -0.15) is 0 Å². The lowest BCUT2D eigenvalue weighted by Crippen LogP contribution is -2.40. The quantitative estimate of drug-likeness (QED) is 0.761. The molecular formula is C16H27N3O2. The molecule has 0 heterocycles. The first-order valence-corrected chi connectivity index (χ1v) is 7.24. The SMILES string of the molecule is COc1cccc([C@@H](CNCC(=O)NC(C)C)N(C)C)c1. The van der Waals surface area contributed by atoms with Crippen molar-refractivity contribution in [3.63, 3.8) is 0 Å². The number of amides is 1. The van der Waals surface area contributed by atoms with Crippen LogP contribution in [0.3, 0.4) is 0 Å². The Morgan fingerprint density at radius 3 is 2.62 bits per heavy atom. The number of likely N-dealkylation sites (N-methyl/N-ethyl adjacent to an activating group) is 1. The van der Waals surface area contributed by atoms with Crippen molar-refractivity contribution in [3.8, 4) is 5.75 Å². The van der Waals surface area contributed by atoms with E-state index in [2.05, 4.69) is 21.6 Å². The molecule has 1 rings (SSSR count). The fraction of sp³-hybridized carbons (Fsp3) is 0.562. The number of benzene rings is 1. The highest BCUT2D eigenvalue weighted by Crippen LogP contribution is 2.21. The molecule has 5 heteroatoms. The summed E-state index contributed by atoms with van der Waals surface area (Å²) in [4.78, 5) is 13.8. The molecule has 5 nitrogen and oxygen atoms in total. The monoisotopic (exact) mass is 293 g/mol. The number of ether oxygens (including phenoxy) is 1. The van der Waals surface area contributed by atoms with Crippen molar-refractivity contribution < 1.29 is 9.53 Å². The van der Waals surface area contributed by atoms with Crippen molar-refractivity contribution in [1.29, 1.82) is 0 Å². The zero-order valence-corrected chi connectivity index (χ0v) is 13.6. The van der Waals surface area contributed by atoms with Crippen LogP contribution in [0.15, 0.2) is 24.3 Å². The molecule has 1 aromatic rings. The molecule has 1 atom stereocenters. The average Bonchev–Trinajstić information content (AvgIpc) is 2.42. The van der Waals surface area contributed by atoms with Crippen LogP contribution in [0.4, 0.5) is 0 Å². The Morgan fingerprint density at radius 2 is 2.05 bits per heavy atom. The zero-order valence-electron chi connectivity index (χ0n) is 13.6. The molecule has 0 aliphatic carbocycles. The predicted octanol–water partition coefficient (Wildman–Crippen LogP) is 1.41. The largest absolute Gasteiger partial charge is 0.497 e. The molecule has 21 heavy (non-hydrogen) atoms. The lowest BCUT2D eigenvalue weighted by atomic mass is 10.1. The minimum absolute atomic E-state index is 0.0214. The van der Waals surface area contributed by atoms with Crippen molar-refractivity contribution in [1.82, 2.24) is 15.5 Å². The normalized spacial score (nSPS) is 12.5. The van der Waals surface area contributed by atoms with E-state index in [-0.39, 0.29) is 18.0 Å². The molecule has 1 amide bonds. The summed E-state index contributed by atoms with van der Waals surface area (Å²) in [7, 11) is 5.72. The van der Waals surface area contributed by atoms with Crippen LogP contribution in [0.1, 0.15) is 25.5 Å². The Bertz CT molecular complexity index is 447. The zero-order chi connectivity index (χ0) is 15.8. The Labute approximate surface area is 127 Å². The summed E-state index contributed by atoms with van der Waals surface area (Å²) in [5, 5.41) is 6.08. The van der Waals surface area contributed by atoms with E-state index in [1.165, 1.54) is 0 Å². The van der Waals surface area contributed by atoms with E-state index in [1.54, 1.807) is 7.11 Å². The van der Waals surface area contributed by atoms with Gasteiger partial charge in [-0.3, -0.25) is 4.79 Å². The summed E-state index contributed by atoms with van der Waals surface area (Å²) in [6.45, 7) is 4.94. The van der Waals surface area contributed by atoms with Gasteiger partial charge < -0.3 is 20.3 Å². The molecule has 0 bridgehead atoms. The summed E-state index contributed by atoms with van der Waals surface area (Å²) >= 11 is 0. The molecule has 118 valence electrons. The van der Waals surface area contributed by atoms with Gasteiger partial charge in [0.05, 0.1) is 13.7 Å². The second kappa shape index (κ2) is 8.64. The van der Waals surface area contributed by atoms with Crippen LogP contribution in [-0.4, -0.2) is 51.1 Å². The molecule has 0 saturated carbocycles. The Kier molecular flexibility index (Phi) is 7.19. The van der Waals surface area contributed by atoms with Gasteiger partial charge in [0, 0.05) is 18.6 Å². The topological polar surface area (TPSA) is 53.6 Å². The third kappa shape index (κ3) is 6.14. The third-order valence-electron chi connectivity index (χ3n) is 3.17. The van der Waals surface area contributed by atoms with Gasteiger partial charge in [-0.25, -0.2) is 0 Å². The maximum atomic E-state index is 11.6. The van der Waals surface area contributed by atoms with E-state index in [9.17, 15) is 4.79 Å². The number of methoxy groups -OCH3 is 1. The van der Waals surface area contributed by atoms with Crippen molar-refractivity contribution >= 4 is 5.91 Å². The highest BCUT2D eigenvalue weighted by Gasteiger charge is 2.15. The van der Waals surface area contributed by atoms with E-state index >= 15 is 0 Å². The first-order valence-electron chi connectivity index (χ1n) is 7.24. The van der Waals surface area contributed by atoms with Gasteiger partial charge in [-0.15, -0.1) is 0 Å². The summed E-state index contributed by atoms with van der Waals surface area (Å²) in [6.07, 6.45) is 0. The molecular weight excluding hydrogens is 266 g/mol. The summed E-state index contributed by atoms with van der Waals surface area (Å²) in [5.41, 5.74) is 1.16. The highest BCUT2D eigenvalue weighted by molar-refractivity contribution is 5.78. The van der Waals surface area contributed by atoms with Crippen molar-refractivity contribution in [2.75, 3.05) is 34.3 Å². The average molecular weight is 293 g/mol. The van der Waals surface area contributed by atoms with Crippen molar-refractivity contribution in [3.05, 3.63) is 29.8 Å². The van der Waals surface area contributed by atoms with Gasteiger partial charge in [0.15, 0.2) is 0 Å². The summed E-state index contributed by atoms with van der Waals surface area (Å²) in [5.74, 6) is 0.866. The lowest BCUT2D eigenvalue weighted by molar-refractivity contribution is -0.120. The number of nitrogens with zero attached hydrogens (tertiary/aromatic N) is 1. The second-order valence-electron chi connectivity index (χ2n) is 5.61. The van der Waals surface area contributed by atoms with Gasteiger partial charge in [0.2, 0.25) is 5.91 Å². The van der Waals surface area contributed by atoms with E-state index in [4.69, 9.17) is 4.74 Å². The fourth-order valence-electron chi connectivity index (χ4n) is 2.14. The number of rotatable bonds is 8. The number of hydrogen-bond donors (Lipinski definition) is 2. The molecule has 0 fully saturated rings. The molecule has 0 aliphatic heterocycles. The fourth-order valence-corrected chi connectivity index (χ4v) is 2.14. The van der Waals surface area contributed by atoms with Crippen LogP contribution in [-0.2, 0) is 4.79 Å². The van der Waals surface area contributed by atoms with Crippen molar-refractivity contribution in [2.24, 2.45) is 0 Å². The smallest absolute Gasteiger partial charge is 0.234 e. The first-order chi connectivity index (χ1) is 9.93. The van der Waals surface area contributed by atoms with Gasteiger partial charge in [-0.1, -0.05) is 12.1 Å². The number of carbonyl (C=O) groups is 1. The van der Waals surface area contributed by atoms with Crippen LogP contribution >= 0.6 is 0 Å². The number of nitrogens with one attached hydrogen (secondary N) is 2. The lowest BCUT2D eigenvalue weighted by Gasteiger charge is -2.25. The Hall–Kier alpha value is -1.59.